The molecule has 2 heteroatoms. The van der Waals surface area contributed by atoms with Crippen molar-refractivity contribution >= 4 is 5.78 Å². The third-order valence-electron chi connectivity index (χ3n) is 3.39. The molecule has 0 amide bonds. The summed E-state index contributed by atoms with van der Waals surface area (Å²) in [5.41, 5.74) is 2.18. The van der Waals surface area contributed by atoms with Gasteiger partial charge in [-0.25, -0.2) is 0 Å². The zero-order valence-electron chi connectivity index (χ0n) is 9.83. The minimum atomic E-state index is 0.213. The Labute approximate surface area is 97.1 Å². The van der Waals surface area contributed by atoms with Crippen molar-refractivity contribution in [2.45, 2.75) is 31.6 Å². The van der Waals surface area contributed by atoms with E-state index >= 15 is 0 Å². The average Bonchev–Trinajstić information content (AvgIpc) is 2.83. The van der Waals surface area contributed by atoms with Gasteiger partial charge in [0, 0.05) is 5.56 Å². The summed E-state index contributed by atoms with van der Waals surface area (Å²) in [4.78, 5) is 12.0. The number of nitrogens with one attached hydrogen (secondary N) is 1. The standard InChI is InChI=1S/C14H19NO/c1-15-10-14(16)13-9-5-4-8-12(13)11-6-2-3-7-11/h4-5,8-9,11,15H,2-3,6-7,10H2,1H3. The first-order valence-corrected chi connectivity index (χ1v) is 6.09. The van der Waals surface area contributed by atoms with E-state index in [2.05, 4.69) is 11.4 Å². The quantitative estimate of drug-likeness (QED) is 0.786. The molecular formula is C14H19NO. The summed E-state index contributed by atoms with van der Waals surface area (Å²) in [7, 11) is 1.82. The maximum Gasteiger partial charge on any atom is 0.176 e. The molecule has 1 fully saturated rings. The van der Waals surface area contributed by atoms with E-state index in [1.165, 1.54) is 31.2 Å². The summed E-state index contributed by atoms with van der Waals surface area (Å²) in [5.74, 6) is 0.821. The summed E-state index contributed by atoms with van der Waals surface area (Å²) in [6, 6.07) is 8.09. The number of hydrogen-bond donors (Lipinski definition) is 1. The van der Waals surface area contributed by atoms with Crippen LogP contribution in [0.3, 0.4) is 0 Å². The number of carbonyl (C=O) groups is 1. The monoisotopic (exact) mass is 217 g/mol. The second-order valence-electron chi connectivity index (χ2n) is 4.52. The largest absolute Gasteiger partial charge is 0.313 e. The average molecular weight is 217 g/mol. The molecule has 1 aliphatic carbocycles. The van der Waals surface area contributed by atoms with Crippen molar-refractivity contribution in [3.63, 3.8) is 0 Å². The maximum absolute atomic E-state index is 12.0. The lowest BCUT2D eigenvalue weighted by Crippen LogP contribution is -2.20. The van der Waals surface area contributed by atoms with Crippen LogP contribution < -0.4 is 5.32 Å². The van der Waals surface area contributed by atoms with Gasteiger partial charge in [-0.15, -0.1) is 0 Å². The molecule has 16 heavy (non-hydrogen) atoms. The number of rotatable bonds is 4. The second kappa shape index (κ2) is 5.26. The summed E-state index contributed by atoms with van der Waals surface area (Å²) < 4.78 is 0. The third kappa shape index (κ3) is 2.33. The van der Waals surface area contributed by atoms with Gasteiger partial charge in [0.25, 0.3) is 0 Å². The molecule has 1 aliphatic rings. The number of benzene rings is 1. The highest BCUT2D eigenvalue weighted by Crippen LogP contribution is 2.35. The molecule has 0 unspecified atom stereocenters. The second-order valence-corrected chi connectivity index (χ2v) is 4.52. The lowest BCUT2D eigenvalue weighted by atomic mass is 9.91. The minimum absolute atomic E-state index is 0.213. The van der Waals surface area contributed by atoms with Crippen LogP contribution in [-0.2, 0) is 0 Å². The topological polar surface area (TPSA) is 29.1 Å². The molecule has 2 nitrogen and oxygen atoms in total. The van der Waals surface area contributed by atoms with E-state index in [-0.39, 0.29) is 5.78 Å². The highest BCUT2D eigenvalue weighted by atomic mass is 16.1. The van der Waals surface area contributed by atoms with Gasteiger partial charge in [0.2, 0.25) is 0 Å². The van der Waals surface area contributed by atoms with Gasteiger partial charge in [0.1, 0.15) is 0 Å². The molecule has 0 spiro atoms. The van der Waals surface area contributed by atoms with Crippen molar-refractivity contribution in [2.24, 2.45) is 0 Å². The van der Waals surface area contributed by atoms with Crippen LogP contribution >= 0.6 is 0 Å². The smallest absolute Gasteiger partial charge is 0.176 e. The zero-order chi connectivity index (χ0) is 11.4. The van der Waals surface area contributed by atoms with Crippen LogP contribution in [0.25, 0.3) is 0 Å². The molecule has 0 heterocycles. The van der Waals surface area contributed by atoms with E-state index in [0.29, 0.717) is 12.5 Å². The van der Waals surface area contributed by atoms with Crippen LogP contribution in [0, 0.1) is 0 Å². The van der Waals surface area contributed by atoms with Crippen LogP contribution in [0.5, 0.6) is 0 Å². The number of carbonyl (C=O) groups excluding carboxylic acids is 1. The van der Waals surface area contributed by atoms with Gasteiger partial charge < -0.3 is 5.32 Å². The number of hydrogen-bond acceptors (Lipinski definition) is 2. The Balaban J connectivity index is 2.26. The predicted octanol–water partition coefficient (Wildman–Crippen LogP) is 2.75. The minimum Gasteiger partial charge on any atom is -0.313 e. The summed E-state index contributed by atoms with van der Waals surface area (Å²) >= 11 is 0. The van der Waals surface area contributed by atoms with Gasteiger partial charge in [0.15, 0.2) is 5.78 Å². The Morgan fingerprint density at radius 2 is 2.00 bits per heavy atom. The van der Waals surface area contributed by atoms with Gasteiger partial charge in [-0.3, -0.25) is 4.79 Å². The molecule has 1 aromatic carbocycles. The Kier molecular flexibility index (Phi) is 3.73. The molecule has 1 N–H and O–H groups in total. The van der Waals surface area contributed by atoms with Gasteiger partial charge >= 0.3 is 0 Å². The van der Waals surface area contributed by atoms with Crippen molar-refractivity contribution in [3.05, 3.63) is 35.4 Å². The summed E-state index contributed by atoms with van der Waals surface area (Å²) in [5, 5.41) is 2.93. The molecule has 0 saturated heterocycles. The maximum atomic E-state index is 12.0. The van der Waals surface area contributed by atoms with E-state index < -0.39 is 0 Å². The summed E-state index contributed by atoms with van der Waals surface area (Å²) in [6.07, 6.45) is 5.09. The molecular weight excluding hydrogens is 198 g/mol. The van der Waals surface area contributed by atoms with E-state index in [9.17, 15) is 4.79 Å². The van der Waals surface area contributed by atoms with E-state index in [4.69, 9.17) is 0 Å². The Morgan fingerprint density at radius 1 is 1.31 bits per heavy atom. The highest BCUT2D eigenvalue weighted by molar-refractivity contribution is 5.99. The van der Waals surface area contributed by atoms with Gasteiger partial charge in [-0.2, -0.15) is 0 Å². The van der Waals surface area contributed by atoms with Crippen LogP contribution in [0.2, 0.25) is 0 Å². The van der Waals surface area contributed by atoms with Crippen LogP contribution in [0.15, 0.2) is 24.3 Å². The molecule has 2 rings (SSSR count). The molecule has 1 saturated carbocycles. The Hall–Kier alpha value is -1.15. The van der Waals surface area contributed by atoms with Crippen LogP contribution in [-0.4, -0.2) is 19.4 Å². The van der Waals surface area contributed by atoms with Crippen molar-refractivity contribution in [2.75, 3.05) is 13.6 Å². The van der Waals surface area contributed by atoms with Crippen molar-refractivity contribution < 1.29 is 4.79 Å². The fourth-order valence-electron chi connectivity index (χ4n) is 2.60. The van der Waals surface area contributed by atoms with Crippen LogP contribution in [0.1, 0.15) is 47.5 Å². The normalized spacial score (nSPS) is 16.6. The predicted molar refractivity (Wildman–Crippen MR) is 65.9 cm³/mol. The first kappa shape index (κ1) is 11.3. The lowest BCUT2D eigenvalue weighted by Gasteiger charge is -2.14. The fourth-order valence-corrected chi connectivity index (χ4v) is 2.60. The highest BCUT2D eigenvalue weighted by Gasteiger charge is 2.21. The van der Waals surface area contributed by atoms with Gasteiger partial charge in [-0.05, 0) is 31.4 Å². The fraction of sp³-hybridized carbons (Fsp3) is 0.500. The lowest BCUT2D eigenvalue weighted by molar-refractivity contribution is 0.0992. The van der Waals surface area contributed by atoms with Gasteiger partial charge in [-0.1, -0.05) is 37.1 Å². The molecule has 0 atom stereocenters. The van der Waals surface area contributed by atoms with Crippen molar-refractivity contribution in [1.82, 2.24) is 5.32 Å². The molecule has 0 bridgehead atoms. The van der Waals surface area contributed by atoms with Crippen molar-refractivity contribution in [3.8, 4) is 0 Å². The Bertz CT molecular complexity index is 367. The molecule has 0 aromatic heterocycles. The van der Waals surface area contributed by atoms with E-state index in [1.807, 2.05) is 25.2 Å². The number of likely N-dealkylation sites (N-methyl/N-ethyl adjacent to an activating group) is 1. The summed E-state index contributed by atoms with van der Waals surface area (Å²) in [6.45, 7) is 0.434. The van der Waals surface area contributed by atoms with Crippen molar-refractivity contribution in [1.29, 1.82) is 0 Å². The van der Waals surface area contributed by atoms with Crippen LogP contribution in [0.4, 0.5) is 0 Å². The molecule has 0 aliphatic heterocycles. The molecule has 0 radical (unpaired) electrons. The number of ketones is 1. The Morgan fingerprint density at radius 3 is 2.69 bits per heavy atom. The van der Waals surface area contributed by atoms with E-state index in [0.717, 1.165) is 5.56 Å². The SMILES string of the molecule is CNCC(=O)c1ccccc1C1CCCC1. The van der Waals surface area contributed by atoms with Gasteiger partial charge in [0.05, 0.1) is 6.54 Å². The molecule has 86 valence electrons. The third-order valence-corrected chi connectivity index (χ3v) is 3.39. The number of Topliss-reactive ketones (excluding diaryl/α,β-unsaturated/α-hetero) is 1. The zero-order valence-corrected chi connectivity index (χ0v) is 9.83. The first-order valence-electron chi connectivity index (χ1n) is 6.09. The first-order chi connectivity index (χ1) is 7.83. The van der Waals surface area contributed by atoms with E-state index in [1.54, 1.807) is 0 Å². The molecule has 1 aromatic rings.